The van der Waals surface area contributed by atoms with Gasteiger partial charge in [-0.3, -0.25) is 0 Å². The van der Waals surface area contributed by atoms with Gasteiger partial charge in [0, 0.05) is 18.3 Å². The topological polar surface area (TPSA) is 99.4 Å². The van der Waals surface area contributed by atoms with Crippen molar-refractivity contribution in [2.75, 3.05) is 6.61 Å². The lowest BCUT2D eigenvalue weighted by Gasteiger charge is -2.20. The van der Waals surface area contributed by atoms with E-state index in [2.05, 4.69) is 5.32 Å². The molecule has 0 saturated heterocycles. The second kappa shape index (κ2) is 7.92. The van der Waals surface area contributed by atoms with Gasteiger partial charge in [-0.15, -0.1) is 0 Å². The molecule has 0 saturated carbocycles. The first-order valence-corrected chi connectivity index (χ1v) is 8.74. The van der Waals surface area contributed by atoms with Crippen LogP contribution < -0.4 is 5.32 Å². The second-order valence-electron chi connectivity index (χ2n) is 6.63. The molecule has 2 atom stereocenters. The van der Waals surface area contributed by atoms with E-state index in [1.807, 2.05) is 54.6 Å². The Kier molecular flexibility index (Phi) is 5.41. The van der Waals surface area contributed by atoms with Crippen LogP contribution in [0, 0.1) is 17.2 Å². The van der Waals surface area contributed by atoms with Crippen LogP contribution >= 0.6 is 0 Å². The molecule has 0 aliphatic heterocycles. The van der Waals surface area contributed by atoms with Gasteiger partial charge in [0.1, 0.15) is 12.6 Å². The lowest BCUT2D eigenvalue weighted by Crippen LogP contribution is -2.45. The molecule has 1 amide bonds. The number of hydrogen-bond donors (Lipinski definition) is 2. The quantitative estimate of drug-likeness (QED) is 0.817. The van der Waals surface area contributed by atoms with Crippen LogP contribution in [-0.2, 0) is 9.53 Å². The number of alkyl carbamates (subject to hydrolysis) is 1. The number of rotatable bonds is 6. The molecule has 2 aromatic carbocycles. The van der Waals surface area contributed by atoms with E-state index in [-0.39, 0.29) is 18.9 Å². The van der Waals surface area contributed by atoms with E-state index in [1.54, 1.807) is 6.92 Å². The van der Waals surface area contributed by atoms with Gasteiger partial charge in [0.05, 0.1) is 6.07 Å². The number of benzene rings is 2. The zero-order valence-electron chi connectivity index (χ0n) is 14.9. The third-order valence-corrected chi connectivity index (χ3v) is 4.87. The standard InChI is InChI=1S/C21H20N2O4/c1-13(10-11-22)19(20(24)25)23-21(26)27-12-18-16-8-4-2-6-14(16)15-7-3-5-9-17(15)18/h2-9,13,18-19H,10,12H2,1H3,(H,23,26)(H,24,25). The Morgan fingerprint density at radius 2 is 1.70 bits per heavy atom. The van der Waals surface area contributed by atoms with Crippen molar-refractivity contribution in [2.24, 2.45) is 5.92 Å². The molecule has 138 valence electrons. The van der Waals surface area contributed by atoms with Crippen LogP contribution in [0.25, 0.3) is 11.1 Å². The average molecular weight is 364 g/mol. The van der Waals surface area contributed by atoms with Gasteiger partial charge in [-0.2, -0.15) is 5.26 Å². The van der Waals surface area contributed by atoms with Gasteiger partial charge in [-0.05, 0) is 22.3 Å². The molecule has 6 nitrogen and oxygen atoms in total. The van der Waals surface area contributed by atoms with Gasteiger partial charge in [0.15, 0.2) is 0 Å². The Balaban J connectivity index is 1.70. The number of ether oxygens (including phenoxy) is 1. The summed E-state index contributed by atoms with van der Waals surface area (Å²) in [5, 5.41) is 20.4. The molecule has 0 aromatic heterocycles. The number of amides is 1. The number of carboxylic acids is 1. The van der Waals surface area contributed by atoms with Crippen LogP contribution in [0.2, 0.25) is 0 Å². The molecule has 27 heavy (non-hydrogen) atoms. The maximum atomic E-state index is 12.2. The Morgan fingerprint density at radius 3 is 2.22 bits per heavy atom. The van der Waals surface area contributed by atoms with E-state index >= 15 is 0 Å². The third-order valence-electron chi connectivity index (χ3n) is 4.87. The van der Waals surface area contributed by atoms with Crippen LogP contribution in [0.1, 0.15) is 30.4 Å². The Morgan fingerprint density at radius 1 is 1.15 bits per heavy atom. The summed E-state index contributed by atoms with van der Waals surface area (Å²) >= 11 is 0. The summed E-state index contributed by atoms with van der Waals surface area (Å²) in [5.41, 5.74) is 4.40. The first kappa shape index (κ1) is 18.5. The summed E-state index contributed by atoms with van der Waals surface area (Å²) in [6.45, 7) is 1.71. The highest BCUT2D eigenvalue weighted by Gasteiger charge is 2.30. The zero-order valence-corrected chi connectivity index (χ0v) is 14.9. The molecule has 1 aliphatic carbocycles. The number of fused-ring (bicyclic) bond motifs is 3. The molecule has 6 heteroatoms. The van der Waals surface area contributed by atoms with E-state index in [4.69, 9.17) is 10.00 Å². The van der Waals surface area contributed by atoms with Crippen LogP contribution in [0.4, 0.5) is 4.79 Å². The summed E-state index contributed by atoms with van der Waals surface area (Å²) in [6.07, 6.45) is -0.769. The Hall–Kier alpha value is -3.33. The Bertz CT molecular complexity index is 858. The van der Waals surface area contributed by atoms with Crippen molar-refractivity contribution >= 4 is 12.1 Å². The fourth-order valence-electron chi connectivity index (χ4n) is 3.48. The normalized spacial score (nSPS) is 14.4. The third kappa shape index (κ3) is 3.77. The van der Waals surface area contributed by atoms with Gasteiger partial charge in [0.2, 0.25) is 0 Å². The van der Waals surface area contributed by atoms with Crippen LogP contribution in [0.5, 0.6) is 0 Å². The van der Waals surface area contributed by atoms with Crippen LogP contribution in [-0.4, -0.2) is 29.8 Å². The summed E-state index contributed by atoms with van der Waals surface area (Å²) in [6, 6.07) is 16.7. The molecule has 1 aliphatic rings. The summed E-state index contributed by atoms with van der Waals surface area (Å²) in [4.78, 5) is 23.5. The molecular weight excluding hydrogens is 344 g/mol. The Labute approximate surface area is 157 Å². The van der Waals surface area contributed by atoms with Gasteiger partial charge >= 0.3 is 12.1 Å². The smallest absolute Gasteiger partial charge is 0.407 e. The van der Waals surface area contributed by atoms with Gasteiger partial charge in [-0.25, -0.2) is 9.59 Å². The largest absolute Gasteiger partial charge is 0.480 e. The lowest BCUT2D eigenvalue weighted by molar-refractivity contribution is -0.140. The number of nitrogens with zero attached hydrogens (tertiary/aromatic N) is 1. The molecule has 0 bridgehead atoms. The fraction of sp³-hybridized carbons (Fsp3) is 0.286. The van der Waals surface area contributed by atoms with E-state index in [1.165, 1.54) is 0 Å². The highest BCUT2D eigenvalue weighted by Crippen LogP contribution is 2.44. The van der Waals surface area contributed by atoms with E-state index < -0.39 is 24.0 Å². The van der Waals surface area contributed by atoms with Crippen molar-refractivity contribution in [3.8, 4) is 17.2 Å². The molecule has 0 heterocycles. The summed E-state index contributed by atoms with van der Waals surface area (Å²) in [5.74, 6) is -1.80. The van der Waals surface area contributed by atoms with Gasteiger partial charge < -0.3 is 15.2 Å². The van der Waals surface area contributed by atoms with Crippen molar-refractivity contribution in [1.29, 1.82) is 5.26 Å². The van der Waals surface area contributed by atoms with Crippen LogP contribution in [0.15, 0.2) is 48.5 Å². The fourth-order valence-corrected chi connectivity index (χ4v) is 3.48. The molecule has 2 aromatic rings. The number of carboxylic acid groups (broad SMARTS) is 1. The van der Waals surface area contributed by atoms with Crippen molar-refractivity contribution in [2.45, 2.75) is 25.3 Å². The highest BCUT2D eigenvalue weighted by atomic mass is 16.5. The van der Waals surface area contributed by atoms with Crippen LogP contribution in [0.3, 0.4) is 0 Å². The number of carbonyl (C=O) groups excluding carboxylic acids is 1. The number of nitrogens with one attached hydrogen (secondary N) is 1. The predicted octanol–water partition coefficient (Wildman–Crippen LogP) is 3.53. The van der Waals surface area contributed by atoms with Crippen molar-refractivity contribution < 1.29 is 19.4 Å². The van der Waals surface area contributed by atoms with E-state index in [0.29, 0.717) is 0 Å². The number of aliphatic carboxylic acids is 1. The minimum absolute atomic E-state index is 0.0284. The molecule has 0 spiro atoms. The zero-order chi connectivity index (χ0) is 19.4. The minimum Gasteiger partial charge on any atom is -0.480 e. The first-order valence-electron chi connectivity index (χ1n) is 8.74. The van der Waals surface area contributed by atoms with Crippen molar-refractivity contribution in [3.63, 3.8) is 0 Å². The monoisotopic (exact) mass is 364 g/mol. The van der Waals surface area contributed by atoms with E-state index in [9.17, 15) is 14.7 Å². The molecule has 0 fully saturated rings. The SMILES string of the molecule is CC(CC#N)C(NC(=O)OCC1c2ccccc2-c2ccccc21)C(=O)O. The summed E-state index contributed by atoms with van der Waals surface area (Å²) in [7, 11) is 0. The van der Waals surface area contributed by atoms with E-state index in [0.717, 1.165) is 22.3 Å². The molecule has 2 unspecified atom stereocenters. The number of nitriles is 1. The number of hydrogen-bond acceptors (Lipinski definition) is 4. The second-order valence-corrected chi connectivity index (χ2v) is 6.63. The predicted molar refractivity (Wildman–Crippen MR) is 99.0 cm³/mol. The molecule has 0 radical (unpaired) electrons. The van der Waals surface area contributed by atoms with Gasteiger partial charge in [0.25, 0.3) is 0 Å². The average Bonchev–Trinajstić information content (AvgIpc) is 2.98. The highest BCUT2D eigenvalue weighted by molar-refractivity contribution is 5.81. The van der Waals surface area contributed by atoms with Crippen molar-refractivity contribution in [3.05, 3.63) is 59.7 Å². The van der Waals surface area contributed by atoms with Gasteiger partial charge in [-0.1, -0.05) is 55.5 Å². The maximum Gasteiger partial charge on any atom is 0.407 e. The summed E-state index contributed by atoms with van der Waals surface area (Å²) < 4.78 is 5.35. The lowest BCUT2D eigenvalue weighted by atomic mass is 9.98. The number of carbonyl (C=O) groups is 2. The first-order chi connectivity index (χ1) is 13.0. The van der Waals surface area contributed by atoms with Crippen molar-refractivity contribution in [1.82, 2.24) is 5.32 Å². The maximum absolute atomic E-state index is 12.2. The minimum atomic E-state index is -1.19. The molecule has 3 rings (SSSR count). The molecule has 2 N–H and O–H groups in total. The molecular formula is C21H20N2O4.